The van der Waals surface area contributed by atoms with Crippen LogP contribution in [-0.2, 0) is 11.2 Å². The maximum atomic E-state index is 12.5. The van der Waals surface area contributed by atoms with Gasteiger partial charge in [0.15, 0.2) is 11.5 Å². The van der Waals surface area contributed by atoms with Crippen LogP contribution in [0.3, 0.4) is 0 Å². The average molecular weight is 336 g/mol. The predicted octanol–water partition coefficient (Wildman–Crippen LogP) is 3.74. The smallest absolute Gasteiger partial charge is 0.228 e. The number of aromatic nitrogens is 1. The molecular weight excluding hydrogens is 316 g/mol. The van der Waals surface area contributed by atoms with Gasteiger partial charge in [0.25, 0.3) is 0 Å². The van der Waals surface area contributed by atoms with Crippen molar-refractivity contribution >= 4 is 22.5 Å². The molecule has 1 amide bonds. The second-order valence-corrected chi connectivity index (χ2v) is 6.36. The van der Waals surface area contributed by atoms with Crippen molar-refractivity contribution in [2.45, 2.75) is 20.3 Å². The molecule has 1 aliphatic heterocycles. The summed E-state index contributed by atoms with van der Waals surface area (Å²) in [6.07, 6.45) is 0.323. The number of ether oxygens (including phenoxy) is 2. The number of aryl methyl sites for hydroxylation is 2. The Hall–Kier alpha value is -2.95. The van der Waals surface area contributed by atoms with Crippen molar-refractivity contribution in [3.8, 4) is 11.5 Å². The molecule has 0 atom stereocenters. The Balaban J connectivity index is 1.55. The van der Waals surface area contributed by atoms with Gasteiger partial charge in [-0.15, -0.1) is 0 Å². The Kier molecular flexibility index (Phi) is 3.84. The molecule has 128 valence electrons. The van der Waals surface area contributed by atoms with Crippen LogP contribution in [-0.4, -0.2) is 24.1 Å². The van der Waals surface area contributed by atoms with E-state index < -0.39 is 0 Å². The zero-order valence-electron chi connectivity index (χ0n) is 14.3. The van der Waals surface area contributed by atoms with E-state index in [2.05, 4.69) is 35.4 Å². The van der Waals surface area contributed by atoms with Crippen LogP contribution in [0.15, 0.2) is 36.4 Å². The molecule has 5 heteroatoms. The van der Waals surface area contributed by atoms with Crippen LogP contribution in [0.5, 0.6) is 11.5 Å². The summed E-state index contributed by atoms with van der Waals surface area (Å²) in [5.74, 6) is 1.33. The third-order valence-corrected chi connectivity index (χ3v) is 4.44. The summed E-state index contributed by atoms with van der Waals surface area (Å²) in [6, 6.07) is 11.7. The topological polar surface area (TPSA) is 63.4 Å². The largest absolute Gasteiger partial charge is 0.486 e. The van der Waals surface area contributed by atoms with Crippen LogP contribution in [0.4, 0.5) is 5.69 Å². The van der Waals surface area contributed by atoms with Gasteiger partial charge in [0.05, 0.1) is 6.42 Å². The van der Waals surface area contributed by atoms with Crippen molar-refractivity contribution in [2.75, 3.05) is 18.5 Å². The highest BCUT2D eigenvalue weighted by Gasteiger charge is 2.15. The van der Waals surface area contributed by atoms with E-state index in [4.69, 9.17) is 9.47 Å². The van der Waals surface area contributed by atoms with E-state index in [1.165, 1.54) is 5.56 Å². The minimum atomic E-state index is -0.0535. The van der Waals surface area contributed by atoms with Crippen molar-refractivity contribution in [1.29, 1.82) is 0 Å². The Morgan fingerprint density at radius 2 is 1.88 bits per heavy atom. The lowest BCUT2D eigenvalue weighted by molar-refractivity contribution is -0.115. The molecular formula is C20H20N2O3. The highest BCUT2D eigenvalue weighted by atomic mass is 16.6. The SMILES string of the molecule is Cc1ccc2[nH]c(C)c(CC(=O)Nc3ccc4c(c3)OCCO4)c2c1. The summed E-state index contributed by atoms with van der Waals surface area (Å²) in [6.45, 7) is 5.14. The molecule has 0 saturated carbocycles. The number of carbonyl (C=O) groups is 1. The summed E-state index contributed by atoms with van der Waals surface area (Å²) in [5.41, 5.74) is 5.01. The van der Waals surface area contributed by atoms with Gasteiger partial charge in [-0.05, 0) is 43.7 Å². The van der Waals surface area contributed by atoms with Crippen LogP contribution in [0.1, 0.15) is 16.8 Å². The molecule has 0 saturated heterocycles. The number of rotatable bonds is 3. The molecule has 0 radical (unpaired) electrons. The van der Waals surface area contributed by atoms with E-state index in [9.17, 15) is 4.79 Å². The fourth-order valence-electron chi connectivity index (χ4n) is 3.21. The summed E-state index contributed by atoms with van der Waals surface area (Å²) in [5, 5.41) is 4.05. The summed E-state index contributed by atoms with van der Waals surface area (Å²) in [4.78, 5) is 15.9. The first-order chi connectivity index (χ1) is 12.1. The number of carbonyl (C=O) groups excluding carboxylic acids is 1. The fourth-order valence-corrected chi connectivity index (χ4v) is 3.21. The molecule has 0 unspecified atom stereocenters. The third-order valence-electron chi connectivity index (χ3n) is 4.44. The van der Waals surface area contributed by atoms with Gasteiger partial charge in [-0.1, -0.05) is 11.6 Å². The summed E-state index contributed by atoms with van der Waals surface area (Å²) in [7, 11) is 0. The Morgan fingerprint density at radius 1 is 1.08 bits per heavy atom. The van der Waals surface area contributed by atoms with E-state index in [-0.39, 0.29) is 5.91 Å². The molecule has 2 aromatic carbocycles. The van der Waals surface area contributed by atoms with Gasteiger partial charge >= 0.3 is 0 Å². The van der Waals surface area contributed by atoms with E-state index in [1.54, 1.807) is 6.07 Å². The average Bonchev–Trinajstić information content (AvgIpc) is 2.90. The van der Waals surface area contributed by atoms with Crippen LogP contribution in [0, 0.1) is 13.8 Å². The van der Waals surface area contributed by atoms with Crippen LogP contribution in [0.2, 0.25) is 0 Å². The van der Waals surface area contributed by atoms with E-state index in [0.29, 0.717) is 36.8 Å². The first kappa shape index (κ1) is 15.6. The quantitative estimate of drug-likeness (QED) is 0.766. The molecule has 0 bridgehead atoms. The lowest BCUT2D eigenvalue weighted by atomic mass is 10.1. The highest BCUT2D eigenvalue weighted by Crippen LogP contribution is 2.32. The van der Waals surface area contributed by atoms with Gasteiger partial charge in [-0.2, -0.15) is 0 Å². The minimum absolute atomic E-state index is 0.0535. The molecule has 0 fully saturated rings. The monoisotopic (exact) mass is 336 g/mol. The van der Waals surface area contributed by atoms with Gasteiger partial charge < -0.3 is 19.8 Å². The second-order valence-electron chi connectivity index (χ2n) is 6.36. The molecule has 2 heterocycles. The number of benzene rings is 2. The van der Waals surface area contributed by atoms with Crippen molar-refractivity contribution < 1.29 is 14.3 Å². The van der Waals surface area contributed by atoms with Crippen molar-refractivity contribution in [1.82, 2.24) is 4.98 Å². The van der Waals surface area contributed by atoms with Crippen LogP contribution in [0.25, 0.3) is 10.9 Å². The predicted molar refractivity (Wildman–Crippen MR) is 97.5 cm³/mol. The number of hydrogen-bond donors (Lipinski definition) is 2. The number of H-pyrrole nitrogens is 1. The molecule has 0 spiro atoms. The number of hydrogen-bond acceptors (Lipinski definition) is 3. The first-order valence-corrected chi connectivity index (χ1v) is 8.37. The lowest BCUT2D eigenvalue weighted by Gasteiger charge is -2.19. The molecule has 2 N–H and O–H groups in total. The molecule has 1 aliphatic rings. The van der Waals surface area contributed by atoms with Crippen molar-refractivity contribution in [2.24, 2.45) is 0 Å². The molecule has 0 aliphatic carbocycles. The number of fused-ring (bicyclic) bond motifs is 2. The Morgan fingerprint density at radius 3 is 2.72 bits per heavy atom. The highest BCUT2D eigenvalue weighted by molar-refractivity contribution is 5.96. The number of aromatic amines is 1. The zero-order valence-corrected chi connectivity index (χ0v) is 14.3. The number of nitrogens with one attached hydrogen (secondary N) is 2. The fraction of sp³-hybridized carbons (Fsp3) is 0.250. The standard InChI is InChI=1S/C20H20N2O3/c1-12-3-5-17-16(9-12)15(13(2)21-17)11-20(23)22-14-4-6-18-19(10-14)25-8-7-24-18/h3-6,9-10,21H,7-8,11H2,1-2H3,(H,22,23). The second kappa shape index (κ2) is 6.16. The van der Waals surface area contributed by atoms with Crippen LogP contribution >= 0.6 is 0 Å². The summed E-state index contributed by atoms with van der Waals surface area (Å²) >= 11 is 0. The third kappa shape index (κ3) is 3.05. The van der Waals surface area contributed by atoms with Crippen LogP contribution < -0.4 is 14.8 Å². The lowest BCUT2D eigenvalue weighted by Crippen LogP contribution is -2.17. The Bertz CT molecular complexity index is 959. The maximum Gasteiger partial charge on any atom is 0.228 e. The summed E-state index contributed by atoms with van der Waals surface area (Å²) < 4.78 is 11.1. The normalized spacial score (nSPS) is 13.0. The van der Waals surface area contributed by atoms with Crippen molar-refractivity contribution in [3.05, 3.63) is 53.2 Å². The van der Waals surface area contributed by atoms with Gasteiger partial charge in [-0.25, -0.2) is 0 Å². The molecule has 25 heavy (non-hydrogen) atoms. The first-order valence-electron chi connectivity index (χ1n) is 8.37. The molecule has 1 aromatic heterocycles. The van der Waals surface area contributed by atoms with Gasteiger partial charge in [-0.3, -0.25) is 4.79 Å². The molecule has 3 aromatic rings. The number of anilines is 1. The Labute approximate surface area is 146 Å². The zero-order chi connectivity index (χ0) is 17.4. The minimum Gasteiger partial charge on any atom is -0.486 e. The maximum absolute atomic E-state index is 12.5. The molecule has 4 rings (SSSR count). The van der Waals surface area contributed by atoms with Gasteiger partial charge in [0.1, 0.15) is 13.2 Å². The van der Waals surface area contributed by atoms with E-state index in [0.717, 1.165) is 22.2 Å². The van der Waals surface area contributed by atoms with E-state index in [1.807, 2.05) is 19.1 Å². The number of amides is 1. The van der Waals surface area contributed by atoms with Crippen molar-refractivity contribution in [3.63, 3.8) is 0 Å². The molecule has 5 nitrogen and oxygen atoms in total. The van der Waals surface area contributed by atoms with E-state index >= 15 is 0 Å². The van der Waals surface area contributed by atoms with Gasteiger partial charge in [0, 0.05) is 28.4 Å². The van der Waals surface area contributed by atoms with Gasteiger partial charge in [0.2, 0.25) is 5.91 Å².